The molecule has 0 unspecified atom stereocenters. The summed E-state index contributed by atoms with van der Waals surface area (Å²) in [6.07, 6.45) is 0. The normalized spacial score (nSPS) is 10.4. The van der Waals surface area contributed by atoms with Crippen LogP contribution in [0.5, 0.6) is 0 Å². The van der Waals surface area contributed by atoms with Gasteiger partial charge in [0.2, 0.25) is 0 Å². The summed E-state index contributed by atoms with van der Waals surface area (Å²) < 4.78 is 0. The average Bonchev–Trinajstić information content (AvgIpc) is 2.46. The second-order valence-electron chi connectivity index (χ2n) is 5.27. The van der Waals surface area contributed by atoms with Crippen LogP contribution < -0.4 is 10.6 Å². The molecule has 0 aliphatic rings. The minimum atomic E-state index is 0.000928. The molecule has 0 aliphatic carbocycles. The Balaban J connectivity index is 2.28. The monoisotopic (exact) mass is 282 g/mol. The highest BCUT2D eigenvalue weighted by atomic mass is 16.1. The number of benzene rings is 2. The molecule has 2 rings (SSSR count). The molecule has 0 radical (unpaired) electrons. The van der Waals surface area contributed by atoms with Crippen molar-refractivity contribution in [3.05, 3.63) is 59.2 Å². The van der Waals surface area contributed by atoms with Gasteiger partial charge in [-0.05, 0) is 50.1 Å². The third-order valence-corrected chi connectivity index (χ3v) is 3.78. The maximum Gasteiger partial charge on any atom is 0.161 e. The van der Waals surface area contributed by atoms with Crippen LogP contribution in [0.15, 0.2) is 42.5 Å². The summed E-state index contributed by atoms with van der Waals surface area (Å²) in [7, 11) is 0. The van der Waals surface area contributed by atoms with Crippen LogP contribution in [0.1, 0.15) is 35.3 Å². The van der Waals surface area contributed by atoms with E-state index in [-0.39, 0.29) is 5.78 Å². The molecule has 110 valence electrons. The van der Waals surface area contributed by atoms with E-state index < -0.39 is 0 Å². The van der Waals surface area contributed by atoms with Crippen LogP contribution >= 0.6 is 0 Å². The first-order valence-corrected chi connectivity index (χ1v) is 7.22. The Hall–Kier alpha value is -2.29. The lowest BCUT2D eigenvalue weighted by Gasteiger charge is -2.25. The number of ketones is 1. The highest BCUT2D eigenvalue weighted by molar-refractivity contribution is 5.99. The van der Waals surface area contributed by atoms with Gasteiger partial charge in [0, 0.05) is 30.0 Å². The van der Waals surface area contributed by atoms with Gasteiger partial charge in [0.05, 0.1) is 0 Å². The van der Waals surface area contributed by atoms with E-state index in [2.05, 4.69) is 43.0 Å². The molecule has 3 heteroatoms. The molecule has 0 aliphatic heterocycles. The van der Waals surface area contributed by atoms with Crippen LogP contribution in [0.2, 0.25) is 0 Å². The zero-order valence-electron chi connectivity index (χ0n) is 12.9. The van der Waals surface area contributed by atoms with Crippen LogP contribution in [-0.2, 0) is 6.54 Å². The molecule has 21 heavy (non-hydrogen) atoms. The van der Waals surface area contributed by atoms with Gasteiger partial charge in [0.25, 0.3) is 0 Å². The Morgan fingerprint density at radius 3 is 2.48 bits per heavy atom. The first-order chi connectivity index (χ1) is 10.0. The summed E-state index contributed by atoms with van der Waals surface area (Å²) in [5.41, 5.74) is 10.7. The second-order valence-corrected chi connectivity index (χ2v) is 5.27. The Bertz CT molecular complexity index is 649. The summed E-state index contributed by atoms with van der Waals surface area (Å²) in [4.78, 5) is 13.7. The summed E-state index contributed by atoms with van der Waals surface area (Å²) in [6, 6.07) is 14.0. The van der Waals surface area contributed by atoms with Gasteiger partial charge in [-0.25, -0.2) is 0 Å². The van der Waals surface area contributed by atoms with Crippen molar-refractivity contribution in [1.29, 1.82) is 0 Å². The van der Waals surface area contributed by atoms with Crippen LogP contribution in [0.3, 0.4) is 0 Å². The minimum absolute atomic E-state index is 0.000928. The standard InChI is InChI=1S/C18H22N2O/c1-4-20(12-15-8-6-5-7-13(15)2)16-9-10-17(14(3)21)18(19)11-16/h5-11H,4,12,19H2,1-3H3. The van der Waals surface area contributed by atoms with E-state index in [1.165, 1.54) is 18.1 Å². The molecule has 0 spiro atoms. The lowest BCUT2D eigenvalue weighted by molar-refractivity contribution is 0.101. The number of hydrogen-bond acceptors (Lipinski definition) is 3. The molecule has 0 heterocycles. The summed E-state index contributed by atoms with van der Waals surface area (Å²) in [6.45, 7) is 7.50. The van der Waals surface area contributed by atoms with E-state index >= 15 is 0 Å². The van der Waals surface area contributed by atoms with Gasteiger partial charge in [-0.2, -0.15) is 0 Å². The molecule has 3 nitrogen and oxygen atoms in total. The zero-order valence-corrected chi connectivity index (χ0v) is 12.9. The third kappa shape index (κ3) is 3.43. The van der Waals surface area contributed by atoms with Gasteiger partial charge in [-0.1, -0.05) is 24.3 Å². The van der Waals surface area contributed by atoms with E-state index in [0.29, 0.717) is 11.3 Å². The molecule has 0 amide bonds. The van der Waals surface area contributed by atoms with Gasteiger partial charge in [-0.3, -0.25) is 4.79 Å². The number of rotatable bonds is 5. The fourth-order valence-electron chi connectivity index (χ4n) is 2.45. The van der Waals surface area contributed by atoms with Gasteiger partial charge < -0.3 is 10.6 Å². The Morgan fingerprint density at radius 1 is 1.19 bits per heavy atom. The van der Waals surface area contributed by atoms with Crippen molar-refractivity contribution in [2.75, 3.05) is 17.2 Å². The first-order valence-electron chi connectivity index (χ1n) is 7.22. The number of hydrogen-bond donors (Lipinski definition) is 1. The largest absolute Gasteiger partial charge is 0.398 e. The van der Waals surface area contributed by atoms with Crippen molar-refractivity contribution in [2.45, 2.75) is 27.3 Å². The van der Waals surface area contributed by atoms with Crippen molar-refractivity contribution in [1.82, 2.24) is 0 Å². The number of nitrogens with two attached hydrogens (primary N) is 1. The minimum Gasteiger partial charge on any atom is -0.398 e. The highest BCUT2D eigenvalue weighted by Crippen LogP contribution is 2.24. The molecule has 0 atom stereocenters. The topological polar surface area (TPSA) is 46.3 Å². The Labute approximate surface area is 126 Å². The molecular formula is C18H22N2O. The average molecular weight is 282 g/mol. The number of nitrogen functional groups attached to an aromatic ring is 1. The number of carbonyl (C=O) groups excluding carboxylic acids is 1. The van der Waals surface area contributed by atoms with Crippen molar-refractivity contribution in [3.8, 4) is 0 Å². The predicted octanol–water partition coefficient (Wildman–Crippen LogP) is 3.81. The maximum absolute atomic E-state index is 11.5. The number of carbonyl (C=O) groups is 1. The van der Waals surface area contributed by atoms with Crippen LogP contribution in [0, 0.1) is 6.92 Å². The zero-order chi connectivity index (χ0) is 15.4. The number of nitrogens with zero attached hydrogens (tertiary/aromatic N) is 1. The fourth-order valence-corrected chi connectivity index (χ4v) is 2.45. The van der Waals surface area contributed by atoms with Crippen molar-refractivity contribution < 1.29 is 4.79 Å². The van der Waals surface area contributed by atoms with E-state index in [1.54, 1.807) is 0 Å². The number of Topliss-reactive ketones (excluding diaryl/α,β-unsaturated/α-hetero) is 1. The van der Waals surface area contributed by atoms with Crippen molar-refractivity contribution >= 4 is 17.2 Å². The maximum atomic E-state index is 11.5. The Morgan fingerprint density at radius 2 is 1.90 bits per heavy atom. The molecule has 2 aromatic rings. The second kappa shape index (κ2) is 6.44. The lowest BCUT2D eigenvalue weighted by Crippen LogP contribution is -2.22. The van der Waals surface area contributed by atoms with Crippen LogP contribution in [0.4, 0.5) is 11.4 Å². The summed E-state index contributed by atoms with van der Waals surface area (Å²) >= 11 is 0. The number of anilines is 2. The first kappa shape index (κ1) is 15.1. The smallest absolute Gasteiger partial charge is 0.161 e. The summed E-state index contributed by atoms with van der Waals surface area (Å²) in [5, 5.41) is 0. The van der Waals surface area contributed by atoms with E-state index in [0.717, 1.165) is 18.8 Å². The van der Waals surface area contributed by atoms with Gasteiger partial charge >= 0.3 is 0 Å². The molecule has 0 saturated heterocycles. The van der Waals surface area contributed by atoms with Crippen molar-refractivity contribution in [3.63, 3.8) is 0 Å². The molecular weight excluding hydrogens is 260 g/mol. The predicted molar refractivity (Wildman–Crippen MR) is 88.8 cm³/mol. The summed E-state index contributed by atoms with van der Waals surface area (Å²) in [5.74, 6) is 0.000928. The van der Waals surface area contributed by atoms with E-state index in [1.807, 2.05) is 18.2 Å². The van der Waals surface area contributed by atoms with Gasteiger partial charge in [0.15, 0.2) is 5.78 Å². The van der Waals surface area contributed by atoms with E-state index in [4.69, 9.17) is 5.73 Å². The molecule has 0 fully saturated rings. The fraction of sp³-hybridized carbons (Fsp3) is 0.278. The third-order valence-electron chi connectivity index (χ3n) is 3.78. The van der Waals surface area contributed by atoms with Crippen LogP contribution in [0.25, 0.3) is 0 Å². The molecule has 2 aromatic carbocycles. The van der Waals surface area contributed by atoms with Crippen molar-refractivity contribution in [2.24, 2.45) is 0 Å². The lowest BCUT2D eigenvalue weighted by atomic mass is 10.1. The molecule has 0 bridgehead atoms. The number of aryl methyl sites for hydroxylation is 1. The highest BCUT2D eigenvalue weighted by Gasteiger charge is 2.10. The molecule has 0 saturated carbocycles. The van der Waals surface area contributed by atoms with E-state index in [9.17, 15) is 4.79 Å². The van der Waals surface area contributed by atoms with Gasteiger partial charge in [0.1, 0.15) is 0 Å². The SMILES string of the molecule is CCN(Cc1ccccc1C)c1ccc(C(C)=O)c(N)c1. The molecule has 2 N–H and O–H groups in total. The molecule has 0 aromatic heterocycles. The quantitative estimate of drug-likeness (QED) is 0.670. The van der Waals surface area contributed by atoms with Gasteiger partial charge in [-0.15, -0.1) is 0 Å². The Kier molecular flexibility index (Phi) is 4.63. The van der Waals surface area contributed by atoms with Crippen LogP contribution in [-0.4, -0.2) is 12.3 Å².